The van der Waals surface area contributed by atoms with E-state index in [9.17, 15) is 5.26 Å². The molecule has 144 valence electrons. The van der Waals surface area contributed by atoms with E-state index in [0.717, 1.165) is 29.9 Å². The van der Waals surface area contributed by atoms with Gasteiger partial charge in [-0.2, -0.15) is 5.26 Å². The van der Waals surface area contributed by atoms with Crippen LogP contribution in [-0.2, 0) is 0 Å². The van der Waals surface area contributed by atoms with E-state index in [1.54, 1.807) is 0 Å². The number of unbranched alkanes of at least 4 members (excludes halogenated alkanes) is 9. The molecule has 0 heterocycles. The average Bonchev–Trinajstić information content (AvgIpc) is 2.72. The molecule has 0 N–H and O–H groups in total. The van der Waals surface area contributed by atoms with Crippen LogP contribution in [0.15, 0.2) is 48.5 Å². The topological polar surface area (TPSA) is 33.0 Å². The maximum absolute atomic E-state index is 9.23. The molecule has 2 rings (SSSR count). The largest absolute Gasteiger partial charge is 0.494 e. The Morgan fingerprint density at radius 3 is 1.96 bits per heavy atom. The summed E-state index contributed by atoms with van der Waals surface area (Å²) in [6, 6.07) is 18.0. The van der Waals surface area contributed by atoms with Crippen LogP contribution in [0, 0.1) is 11.3 Å². The molecule has 0 atom stereocenters. The van der Waals surface area contributed by atoms with Crippen LogP contribution in [-0.4, -0.2) is 6.61 Å². The van der Waals surface area contributed by atoms with Crippen molar-refractivity contribution in [3.63, 3.8) is 0 Å². The summed E-state index contributed by atoms with van der Waals surface area (Å²) in [7, 11) is 0. The van der Waals surface area contributed by atoms with Gasteiger partial charge in [0.2, 0.25) is 0 Å². The number of benzene rings is 2. The van der Waals surface area contributed by atoms with Crippen molar-refractivity contribution in [1.29, 1.82) is 5.26 Å². The first-order valence-corrected chi connectivity index (χ1v) is 10.6. The minimum Gasteiger partial charge on any atom is -0.494 e. The molecule has 0 aromatic heterocycles. The van der Waals surface area contributed by atoms with Crippen LogP contribution in [0.5, 0.6) is 5.75 Å². The lowest BCUT2D eigenvalue weighted by molar-refractivity contribution is 0.304. The summed E-state index contributed by atoms with van der Waals surface area (Å²) in [4.78, 5) is 0. The van der Waals surface area contributed by atoms with Crippen LogP contribution in [0.4, 0.5) is 0 Å². The summed E-state index contributed by atoms with van der Waals surface area (Å²) in [5, 5.41) is 9.23. The number of ether oxygens (including phenoxy) is 1. The molecule has 2 heteroatoms. The van der Waals surface area contributed by atoms with Gasteiger partial charge in [-0.1, -0.05) is 95.0 Å². The lowest BCUT2D eigenvalue weighted by Crippen LogP contribution is -1.97. The van der Waals surface area contributed by atoms with Crippen molar-refractivity contribution in [2.24, 2.45) is 0 Å². The van der Waals surface area contributed by atoms with Crippen LogP contribution >= 0.6 is 0 Å². The predicted molar refractivity (Wildman–Crippen MR) is 114 cm³/mol. The molecular weight excluding hydrogens is 330 g/mol. The van der Waals surface area contributed by atoms with Gasteiger partial charge in [0.25, 0.3) is 0 Å². The van der Waals surface area contributed by atoms with E-state index in [1.807, 2.05) is 48.5 Å². The van der Waals surface area contributed by atoms with E-state index in [4.69, 9.17) is 4.74 Å². The Balaban J connectivity index is 1.60. The van der Waals surface area contributed by atoms with Crippen molar-refractivity contribution in [1.82, 2.24) is 0 Å². The van der Waals surface area contributed by atoms with E-state index in [-0.39, 0.29) is 0 Å². The Bertz CT molecular complexity index is 684. The number of hydrogen-bond donors (Lipinski definition) is 0. The summed E-state index contributed by atoms with van der Waals surface area (Å²) in [5.74, 6) is 0.907. The molecule has 0 bridgehead atoms. The van der Waals surface area contributed by atoms with Gasteiger partial charge < -0.3 is 4.74 Å². The highest BCUT2D eigenvalue weighted by Gasteiger charge is 2.04. The Labute approximate surface area is 165 Å². The highest BCUT2D eigenvalue weighted by molar-refractivity contribution is 5.70. The van der Waals surface area contributed by atoms with Crippen molar-refractivity contribution >= 4 is 0 Å². The SMILES string of the molecule is CCCCCCCCCCCCOc1ccc(-c2ccccc2C#N)cc1. The molecule has 27 heavy (non-hydrogen) atoms. The minimum absolute atomic E-state index is 0.705. The van der Waals surface area contributed by atoms with Crippen molar-refractivity contribution < 1.29 is 4.74 Å². The lowest BCUT2D eigenvalue weighted by atomic mass is 10.0. The third-order valence-corrected chi connectivity index (χ3v) is 4.98. The Morgan fingerprint density at radius 1 is 0.741 bits per heavy atom. The lowest BCUT2D eigenvalue weighted by Gasteiger charge is -2.08. The maximum Gasteiger partial charge on any atom is 0.119 e. The zero-order valence-electron chi connectivity index (χ0n) is 16.8. The van der Waals surface area contributed by atoms with Crippen LogP contribution in [0.2, 0.25) is 0 Å². The Kier molecular flexibility index (Phi) is 10.1. The Hall–Kier alpha value is -2.27. The van der Waals surface area contributed by atoms with Gasteiger partial charge in [-0.25, -0.2) is 0 Å². The highest BCUT2D eigenvalue weighted by Crippen LogP contribution is 2.25. The van der Waals surface area contributed by atoms with E-state index < -0.39 is 0 Å². The molecule has 0 radical (unpaired) electrons. The number of nitrogens with zero attached hydrogens (tertiary/aromatic N) is 1. The van der Waals surface area contributed by atoms with Crippen LogP contribution in [0.1, 0.15) is 76.7 Å². The fraction of sp³-hybridized carbons (Fsp3) is 0.480. The zero-order valence-corrected chi connectivity index (χ0v) is 16.8. The molecule has 0 fully saturated rings. The van der Waals surface area contributed by atoms with Crippen molar-refractivity contribution in [3.8, 4) is 22.9 Å². The van der Waals surface area contributed by atoms with E-state index in [2.05, 4.69) is 13.0 Å². The van der Waals surface area contributed by atoms with Gasteiger partial charge in [0, 0.05) is 0 Å². The molecule has 0 saturated heterocycles. The molecular formula is C25H33NO. The normalized spacial score (nSPS) is 10.5. The van der Waals surface area contributed by atoms with Crippen LogP contribution < -0.4 is 4.74 Å². The van der Waals surface area contributed by atoms with Gasteiger partial charge in [0.15, 0.2) is 0 Å². The van der Waals surface area contributed by atoms with E-state index >= 15 is 0 Å². The molecule has 0 amide bonds. The molecule has 0 aliphatic carbocycles. The van der Waals surface area contributed by atoms with Gasteiger partial charge in [-0.3, -0.25) is 0 Å². The quantitative estimate of drug-likeness (QED) is 0.345. The third kappa shape index (κ3) is 7.87. The van der Waals surface area contributed by atoms with Crippen LogP contribution in [0.3, 0.4) is 0 Å². The van der Waals surface area contributed by atoms with Crippen LogP contribution in [0.25, 0.3) is 11.1 Å². The summed E-state index contributed by atoms with van der Waals surface area (Å²) in [5.41, 5.74) is 2.73. The fourth-order valence-electron chi connectivity index (χ4n) is 3.34. The Morgan fingerprint density at radius 2 is 1.33 bits per heavy atom. The molecule has 0 spiro atoms. The number of hydrogen-bond acceptors (Lipinski definition) is 2. The van der Waals surface area contributed by atoms with Gasteiger partial charge in [0.1, 0.15) is 5.75 Å². The van der Waals surface area contributed by atoms with Gasteiger partial charge in [0.05, 0.1) is 18.2 Å². The predicted octanol–water partition coefficient (Wildman–Crippen LogP) is 7.52. The second-order valence-electron chi connectivity index (χ2n) is 7.21. The van der Waals surface area contributed by atoms with Gasteiger partial charge >= 0.3 is 0 Å². The first kappa shape index (κ1) is 21.0. The zero-order chi connectivity index (χ0) is 19.2. The summed E-state index contributed by atoms with van der Waals surface area (Å²) in [6.45, 7) is 3.05. The maximum atomic E-state index is 9.23. The summed E-state index contributed by atoms with van der Waals surface area (Å²) >= 11 is 0. The van der Waals surface area contributed by atoms with E-state index in [1.165, 1.54) is 57.8 Å². The molecule has 2 nitrogen and oxygen atoms in total. The third-order valence-electron chi connectivity index (χ3n) is 4.98. The number of rotatable bonds is 13. The first-order chi connectivity index (χ1) is 13.3. The van der Waals surface area contributed by atoms with Gasteiger partial charge in [-0.15, -0.1) is 0 Å². The number of nitriles is 1. The monoisotopic (exact) mass is 363 g/mol. The second kappa shape index (κ2) is 13.0. The standard InChI is InChI=1S/C25H33NO/c1-2-3-4-5-6-7-8-9-10-13-20-27-24-18-16-22(17-19-24)25-15-12-11-14-23(25)21-26/h11-12,14-19H,2-10,13,20H2,1H3. The smallest absolute Gasteiger partial charge is 0.119 e. The highest BCUT2D eigenvalue weighted by atomic mass is 16.5. The van der Waals surface area contributed by atoms with Crippen molar-refractivity contribution in [2.45, 2.75) is 71.1 Å². The average molecular weight is 364 g/mol. The molecule has 0 saturated carbocycles. The minimum atomic E-state index is 0.705. The summed E-state index contributed by atoms with van der Waals surface area (Å²) < 4.78 is 5.86. The second-order valence-corrected chi connectivity index (χ2v) is 7.21. The molecule has 0 aliphatic rings. The molecule has 0 unspecified atom stereocenters. The fourth-order valence-corrected chi connectivity index (χ4v) is 3.34. The van der Waals surface area contributed by atoms with Crippen molar-refractivity contribution in [3.05, 3.63) is 54.1 Å². The first-order valence-electron chi connectivity index (χ1n) is 10.6. The molecule has 2 aromatic rings. The molecule has 0 aliphatic heterocycles. The molecule has 2 aromatic carbocycles. The van der Waals surface area contributed by atoms with Crippen molar-refractivity contribution in [2.75, 3.05) is 6.61 Å². The van der Waals surface area contributed by atoms with Gasteiger partial charge in [-0.05, 0) is 35.7 Å². The van der Waals surface area contributed by atoms with E-state index in [0.29, 0.717) is 5.56 Å². The summed E-state index contributed by atoms with van der Waals surface area (Å²) in [6.07, 6.45) is 13.4.